The van der Waals surface area contributed by atoms with Crippen LogP contribution in [0, 0.1) is 10.1 Å². The van der Waals surface area contributed by atoms with Crippen molar-refractivity contribution in [3.8, 4) is 0 Å². The Hall–Kier alpha value is -3.42. The summed E-state index contributed by atoms with van der Waals surface area (Å²) in [6.45, 7) is 0. The first kappa shape index (κ1) is 16.9. The minimum atomic E-state index is -1.04. The van der Waals surface area contributed by atoms with E-state index in [1.54, 1.807) is 12.2 Å². The van der Waals surface area contributed by atoms with E-state index in [1.165, 1.54) is 12.2 Å². The number of hydrogen-bond donors (Lipinski definition) is 2. The Morgan fingerprint density at radius 1 is 1.04 bits per heavy atom. The van der Waals surface area contributed by atoms with E-state index in [0.717, 1.165) is 11.3 Å². The lowest BCUT2D eigenvalue weighted by atomic mass is 10.2. The molecule has 8 heteroatoms. The molecule has 0 unspecified atom stereocenters. The summed E-state index contributed by atoms with van der Waals surface area (Å²) >= 11 is 0. The Balaban J connectivity index is 2.21. The number of nitrogens with one attached hydrogen (secondary N) is 2. The highest BCUT2D eigenvalue weighted by molar-refractivity contribution is 5.61. The Kier molecular flexibility index (Phi) is 5.10. The molecule has 0 aliphatic heterocycles. The molecule has 0 aliphatic carbocycles. The number of allylic oxidation sites excluding steroid dienone is 2. The summed E-state index contributed by atoms with van der Waals surface area (Å²) in [6.07, 6.45) is 6.28. The molecule has 0 saturated heterocycles. The van der Waals surface area contributed by atoms with Crippen molar-refractivity contribution in [3.63, 3.8) is 0 Å². The van der Waals surface area contributed by atoms with E-state index >= 15 is 0 Å². The summed E-state index contributed by atoms with van der Waals surface area (Å²) in [5.41, 5.74) is -0.672. The van der Waals surface area contributed by atoms with E-state index in [4.69, 9.17) is 0 Å². The zero-order valence-electron chi connectivity index (χ0n) is 13.1. The van der Waals surface area contributed by atoms with Gasteiger partial charge in [-0.15, -0.1) is 0 Å². The quantitative estimate of drug-likeness (QED) is 0.493. The van der Waals surface area contributed by atoms with Crippen LogP contribution in [0.2, 0.25) is 0 Å². The van der Waals surface area contributed by atoms with Crippen molar-refractivity contribution in [1.82, 2.24) is 9.97 Å². The Morgan fingerprint density at radius 2 is 1.67 bits per heavy atom. The van der Waals surface area contributed by atoms with Crippen molar-refractivity contribution < 1.29 is 4.92 Å². The molecule has 0 aliphatic rings. The number of aromatic amines is 2. The van der Waals surface area contributed by atoms with Crippen LogP contribution >= 0.6 is 0 Å². The van der Waals surface area contributed by atoms with Crippen molar-refractivity contribution in [3.05, 3.63) is 78.6 Å². The number of benzene rings is 1. The lowest BCUT2D eigenvalue weighted by Gasteiger charge is -2.11. The number of rotatable bonds is 5. The summed E-state index contributed by atoms with van der Waals surface area (Å²) in [5.74, 6) is 0. The minimum Gasteiger partial charge on any atom is -0.378 e. The number of anilines is 1. The average Bonchev–Trinajstić information content (AvgIpc) is 2.51. The van der Waals surface area contributed by atoms with Gasteiger partial charge in [-0.25, -0.2) is 4.79 Å². The molecule has 124 valence electrons. The van der Waals surface area contributed by atoms with Crippen molar-refractivity contribution >= 4 is 23.5 Å². The lowest BCUT2D eigenvalue weighted by Crippen LogP contribution is -2.25. The van der Waals surface area contributed by atoms with Crippen LogP contribution in [0.3, 0.4) is 0 Å². The summed E-state index contributed by atoms with van der Waals surface area (Å²) in [7, 11) is 3.89. The van der Waals surface area contributed by atoms with Gasteiger partial charge in [0.25, 0.3) is 0 Å². The molecular formula is C16H16N4O4. The molecule has 0 fully saturated rings. The van der Waals surface area contributed by atoms with Crippen LogP contribution in [-0.2, 0) is 0 Å². The van der Waals surface area contributed by atoms with Crippen molar-refractivity contribution in [2.45, 2.75) is 0 Å². The Morgan fingerprint density at radius 3 is 2.25 bits per heavy atom. The van der Waals surface area contributed by atoms with E-state index in [1.807, 2.05) is 48.2 Å². The zero-order valence-corrected chi connectivity index (χ0v) is 13.1. The van der Waals surface area contributed by atoms with E-state index in [-0.39, 0.29) is 5.69 Å². The monoisotopic (exact) mass is 328 g/mol. The van der Waals surface area contributed by atoms with Gasteiger partial charge in [-0.2, -0.15) is 0 Å². The SMILES string of the molecule is CN(C)c1ccc(C=CC=Cc2[nH]c(=O)[nH]c(=O)c2[N+](=O)[O-])cc1. The molecule has 0 radical (unpaired) electrons. The highest BCUT2D eigenvalue weighted by Gasteiger charge is 2.18. The van der Waals surface area contributed by atoms with Crippen LogP contribution in [0.15, 0.2) is 46.0 Å². The van der Waals surface area contributed by atoms with Crippen LogP contribution in [-0.4, -0.2) is 29.0 Å². The number of H-pyrrole nitrogens is 2. The second kappa shape index (κ2) is 7.23. The largest absolute Gasteiger partial charge is 0.378 e. The Labute approximate surface area is 136 Å². The maximum absolute atomic E-state index is 11.5. The van der Waals surface area contributed by atoms with Crippen molar-refractivity contribution in [2.75, 3.05) is 19.0 Å². The molecule has 1 aromatic heterocycles. The molecule has 2 rings (SSSR count). The molecule has 0 spiro atoms. The fourth-order valence-corrected chi connectivity index (χ4v) is 2.00. The van der Waals surface area contributed by atoms with Crippen molar-refractivity contribution in [1.29, 1.82) is 0 Å². The van der Waals surface area contributed by atoms with Crippen molar-refractivity contribution in [2.24, 2.45) is 0 Å². The van der Waals surface area contributed by atoms with Gasteiger partial charge < -0.3 is 9.88 Å². The lowest BCUT2D eigenvalue weighted by molar-refractivity contribution is -0.386. The van der Waals surface area contributed by atoms with Gasteiger partial charge >= 0.3 is 16.9 Å². The third-order valence-electron chi connectivity index (χ3n) is 3.20. The van der Waals surface area contributed by atoms with Crippen LogP contribution in [0.25, 0.3) is 12.2 Å². The molecule has 0 amide bonds. The third kappa shape index (κ3) is 4.07. The van der Waals surface area contributed by atoms with E-state index < -0.39 is 21.9 Å². The van der Waals surface area contributed by atoms with Gasteiger partial charge in [0, 0.05) is 19.8 Å². The fourth-order valence-electron chi connectivity index (χ4n) is 2.00. The first-order valence-electron chi connectivity index (χ1n) is 7.01. The van der Waals surface area contributed by atoms with Gasteiger partial charge in [0.05, 0.1) is 4.92 Å². The summed E-state index contributed by atoms with van der Waals surface area (Å²) in [4.78, 5) is 38.8. The third-order valence-corrected chi connectivity index (χ3v) is 3.20. The number of nitro groups is 1. The molecule has 1 aromatic carbocycles. The maximum Gasteiger partial charge on any atom is 0.357 e. The molecule has 2 N–H and O–H groups in total. The second-order valence-electron chi connectivity index (χ2n) is 5.13. The summed E-state index contributed by atoms with van der Waals surface area (Å²) < 4.78 is 0. The number of nitrogens with zero attached hydrogens (tertiary/aromatic N) is 2. The van der Waals surface area contributed by atoms with E-state index in [9.17, 15) is 19.7 Å². The maximum atomic E-state index is 11.5. The molecule has 0 atom stereocenters. The highest BCUT2D eigenvalue weighted by atomic mass is 16.6. The van der Waals surface area contributed by atoms with Crippen LogP contribution < -0.4 is 16.1 Å². The Bertz CT molecular complexity index is 905. The highest BCUT2D eigenvalue weighted by Crippen LogP contribution is 2.14. The smallest absolute Gasteiger partial charge is 0.357 e. The molecule has 8 nitrogen and oxygen atoms in total. The normalized spacial score (nSPS) is 11.2. The summed E-state index contributed by atoms with van der Waals surface area (Å²) in [6, 6.07) is 7.78. The van der Waals surface area contributed by atoms with Gasteiger partial charge in [0.15, 0.2) is 0 Å². The molecule has 1 heterocycles. The van der Waals surface area contributed by atoms with Gasteiger partial charge in [-0.05, 0) is 23.8 Å². The van der Waals surface area contributed by atoms with Gasteiger partial charge in [-0.1, -0.05) is 30.4 Å². The van der Waals surface area contributed by atoms with Gasteiger partial charge in [0.2, 0.25) is 0 Å². The number of aromatic nitrogens is 2. The second-order valence-corrected chi connectivity index (χ2v) is 5.13. The van der Waals surface area contributed by atoms with Crippen LogP contribution in [0.1, 0.15) is 11.3 Å². The average molecular weight is 328 g/mol. The molecule has 0 bridgehead atoms. The zero-order chi connectivity index (χ0) is 17.7. The number of hydrogen-bond acceptors (Lipinski definition) is 5. The van der Waals surface area contributed by atoms with Gasteiger partial charge in [-0.3, -0.25) is 19.9 Å². The standard InChI is InChI=1S/C16H16N4O4/c1-19(2)12-9-7-11(8-10-12)5-3-4-6-13-14(20(23)24)15(21)18-16(22)17-13/h3-10H,1-2H3,(H2,17,18,21,22). The first-order valence-corrected chi connectivity index (χ1v) is 7.01. The minimum absolute atomic E-state index is 0.152. The van der Waals surface area contributed by atoms with Gasteiger partial charge in [0.1, 0.15) is 5.69 Å². The van der Waals surface area contributed by atoms with Crippen LogP contribution in [0.5, 0.6) is 0 Å². The molecule has 2 aromatic rings. The van der Waals surface area contributed by atoms with E-state index in [0.29, 0.717) is 0 Å². The topological polar surface area (TPSA) is 112 Å². The fraction of sp³-hybridized carbons (Fsp3) is 0.125. The predicted octanol–water partition coefficient (Wildman–Crippen LogP) is 1.76. The molecular weight excluding hydrogens is 312 g/mol. The molecule has 24 heavy (non-hydrogen) atoms. The van der Waals surface area contributed by atoms with E-state index in [2.05, 4.69) is 4.98 Å². The summed E-state index contributed by atoms with van der Waals surface area (Å²) in [5, 5.41) is 10.9. The molecule has 0 saturated carbocycles. The van der Waals surface area contributed by atoms with Crippen LogP contribution in [0.4, 0.5) is 11.4 Å². The predicted molar refractivity (Wildman–Crippen MR) is 93.2 cm³/mol. The first-order chi connectivity index (χ1) is 11.4.